The Balaban J connectivity index is 0.00000196. The van der Waals surface area contributed by atoms with Gasteiger partial charge in [-0.3, -0.25) is 4.79 Å². The maximum atomic E-state index is 13.1. The molecule has 144 valence electrons. The van der Waals surface area contributed by atoms with E-state index in [0.29, 0.717) is 11.8 Å². The van der Waals surface area contributed by atoms with Crippen LogP contribution in [0.3, 0.4) is 0 Å². The quantitative estimate of drug-likeness (QED) is 0.843. The fourth-order valence-corrected chi connectivity index (χ4v) is 5.15. The molecule has 1 amide bonds. The second-order valence-electron chi connectivity index (χ2n) is 8.04. The molecule has 4 rings (SSSR count). The summed E-state index contributed by atoms with van der Waals surface area (Å²) >= 11 is 0. The second-order valence-corrected chi connectivity index (χ2v) is 8.04. The summed E-state index contributed by atoms with van der Waals surface area (Å²) in [5.74, 6) is 1.17. The van der Waals surface area contributed by atoms with E-state index in [4.69, 9.17) is 4.74 Å². The van der Waals surface area contributed by atoms with E-state index in [-0.39, 0.29) is 29.8 Å². The maximum absolute atomic E-state index is 13.1. The van der Waals surface area contributed by atoms with Gasteiger partial charge in [-0.1, -0.05) is 43.2 Å². The van der Waals surface area contributed by atoms with Crippen LogP contribution in [0.1, 0.15) is 50.2 Å². The number of carbonyl (C=O) groups is 1. The number of benzene rings is 1. The number of hydrogen-bond donors (Lipinski definition) is 2. The van der Waals surface area contributed by atoms with Crippen molar-refractivity contribution in [2.75, 3.05) is 26.2 Å². The molecule has 0 bridgehead atoms. The van der Waals surface area contributed by atoms with E-state index in [9.17, 15) is 4.79 Å². The van der Waals surface area contributed by atoms with Gasteiger partial charge in [-0.05, 0) is 43.7 Å². The third-order valence-electron chi connectivity index (χ3n) is 6.59. The van der Waals surface area contributed by atoms with Crippen molar-refractivity contribution in [3.63, 3.8) is 0 Å². The molecule has 26 heavy (non-hydrogen) atoms. The van der Waals surface area contributed by atoms with Crippen LogP contribution in [0.2, 0.25) is 0 Å². The van der Waals surface area contributed by atoms with Gasteiger partial charge in [-0.2, -0.15) is 0 Å². The highest BCUT2D eigenvalue weighted by molar-refractivity contribution is 5.85. The molecule has 2 unspecified atom stereocenters. The van der Waals surface area contributed by atoms with E-state index >= 15 is 0 Å². The first-order valence-corrected chi connectivity index (χ1v) is 9.95. The van der Waals surface area contributed by atoms with Crippen LogP contribution in [0.5, 0.6) is 0 Å². The summed E-state index contributed by atoms with van der Waals surface area (Å²) < 4.78 is 6.08. The van der Waals surface area contributed by atoms with Crippen LogP contribution in [0.15, 0.2) is 30.3 Å². The molecule has 3 fully saturated rings. The Morgan fingerprint density at radius 2 is 2.04 bits per heavy atom. The molecule has 1 aromatic carbocycles. The molecule has 5 heteroatoms. The zero-order chi connectivity index (χ0) is 17.1. The fourth-order valence-electron chi connectivity index (χ4n) is 5.15. The van der Waals surface area contributed by atoms with E-state index in [1.54, 1.807) is 0 Å². The van der Waals surface area contributed by atoms with Gasteiger partial charge in [0.25, 0.3) is 0 Å². The molecule has 0 aromatic heterocycles. The van der Waals surface area contributed by atoms with Gasteiger partial charge in [0.05, 0.1) is 11.5 Å². The molecule has 1 saturated carbocycles. The van der Waals surface area contributed by atoms with Gasteiger partial charge >= 0.3 is 0 Å². The largest absolute Gasteiger partial charge is 0.373 e. The minimum Gasteiger partial charge on any atom is -0.373 e. The van der Waals surface area contributed by atoms with Gasteiger partial charge in [0.15, 0.2) is 0 Å². The molecule has 0 spiro atoms. The zero-order valence-electron chi connectivity index (χ0n) is 15.4. The average molecular weight is 379 g/mol. The van der Waals surface area contributed by atoms with Crippen LogP contribution in [0.25, 0.3) is 0 Å². The van der Waals surface area contributed by atoms with Gasteiger partial charge in [0.1, 0.15) is 0 Å². The fraction of sp³-hybridized carbons (Fsp3) is 0.667. The van der Waals surface area contributed by atoms with E-state index in [1.807, 2.05) is 6.07 Å². The monoisotopic (exact) mass is 378 g/mol. The lowest BCUT2D eigenvalue weighted by atomic mass is 9.67. The number of rotatable bonds is 4. The smallest absolute Gasteiger partial charge is 0.227 e. The van der Waals surface area contributed by atoms with Gasteiger partial charge in [-0.15, -0.1) is 12.4 Å². The molecule has 1 aromatic rings. The highest BCUT2D eigenvalue weighted by Gasteiger charge is 2.49. The minimum atomic E-state index is -0.157. The minimum absolute atomic E-state index is 0. The normalized spacial score (nSPS) is 33.8. The Labute approximate surface area is 162 Å². The summed E-state index contributed by atoms with van der Waals surface area (Å²) in [6.45, 7) is 3.41. The van der Waals surface area contributed by atoms with Gasteiger partial charge in [-0.25, -0.2) is 0 Å². The summed E-state index contributed by atoms with van der Waals surface area (Å²) in [4.78, 5) is 13.1. The predicted octanol–water partition coefficient (Wildman–Crippen LogP) is 3.47. The van der Waals surface area contributed by atoms with Gasteiger partial charge in [0, 0.05) is 25.6 Å². The van der Waals surface area contributed by atoms with Crippen LogP contribution < -0.4 is 10.6 Å². The van der Waals surface area contributed by atoms with Crippen molar-refractivity contribution in [2.45, 2.75) is 44.6 Å². The lowest BCUT2D eigenvalue weighted by Gasteiger charge is -2.38. The van der Waals surface area contributed by atoms with E-state index < -0.39 is 0 Å². The highest BCUT2D eigenvalue weighted by atomic mass is 35.5. The maximum Gasteiger partial charge on any atom is 0.227 e. The van der Waals surface area contributed by atoms with E-state index in [1.165, 1.54) is 24.8 Å². The Kier molecular flexibility index (Phi) is 6.60. The lowest BCUT2D eigenvalue weighted by molar-refractivity contribution is -0.134. The zero-order valence-corrected chi connectivity index (χ0v) is 16.2. The standard InChI is InChI=1S/C21H30N2O2.ClH/c24-20(21-11-5-4-10-18(21)14-22-15-21)23-13-17-9-6-12-25-19(17)16-7-2-1-3-8-16;/h1-3,7-8,17-19,22H,4-6,9-15H2,(H,23,24);1H/t17?,18-,19?,21+;/m0./s1. The molecule has 2 N–H and O–H groups in total. The number of nitrogens with one attached hydrogen (secondary N) is 2. The number of carbonyl (C=O) groups excluding carboxylic acids is 1. The molecule has 4 atom stereocenters. The number of fused-ring (bicyclic) bond motifs is 1. The second kappa shape index (κ2) is 8.73. The summed E-state index contributed by atoms with van der Waals surface area (Å²) in [7, 11) is 0. The first-order valence-electron chi connectivity index (χ1n) is 9.95. The van der Waals surface area contributed by atoms with Crippen LogP contribution in [0, 0.1) is 17.3 Å². The number of amides is 1. The molecular weight excluding hydrogens is 348 g/mol. The number of ether oxygens (including phenoxy) is 1. The molecule has 3 aliphatic rings. The summed E-state index contributed by atoms with van der Waals surface area (Å²) in [5, 5.41) is 6.80. The van der Waals surface area contributed by atoms with Crippen molar-refractivity contribution < 1.29 is 9.53 Å². The molecule has 1 aliphatic carbocycles. The summed E-state index contributed by atoms with van der Waals surface area (Å²) in [6.07, 6.45) is 7.00. The van der Waals surface area contributed by atoms with Crippen LogP contribution in [0.4, 0.5) is 0 Å². The van der Waals surface area contributed by atoms with Crippen molar-refractivity contribution >= 4 is 18.3 Å². The third kappa shape index (κ3) is 3.78. The Bertz CT molecular complexity index is 597. The number of hydrogen-bond acceptors (Lipinski definition) is 3. The summed E-state index contributed by atoms with van der Waals surface area (Å²) in [6, 6.07) is 10.5. The van der Waals surface area contributed by atoms with Crippen molar-refractivity contribution in [3.8, 4) is 0 Å². The molecule has 2 saturated heterocycles. The van der Waals surface area contributed by atoms with E-state index in [0.717, 1.165) is 45.5 Å². The van der Waals surface area contributed by atoms with Crippen LogP contribution in [-0.4, -0.2) is 32.1 Å². The third-order valence-corrected chi connectivity index (χ3v) is 6.59. The predicted molar refractivity (Wildman–Crippen MR) is 105 cm³/mol. The Hall–Kier alpha value is -1.10. The van der Waals surface area contributed by atoms with Gasteiger partial charge < -0.3 is 15.4 Å². The van der Waals surface area contributed by atoms with Crippen molar-refractivity contribution in [2.24, 2.45) is 17.3 Å². The van der Waals surface area contributed by atoms with Crippen molar-refractivity contribution in [3.05, 3.63) is 35.9 Å². The van der Waals surface area contributed by atoms with Gasteiger partial charge in [0.2, 0.25) is 5.91 Å². The Morgan fingerprint density at radius 1 is 1.19 bits per heavy atom. The SMILES string of the molecule is Cl.O=C(NCC1CCCOC1c1ccccc1)[C@@]12CCCC[C@H]1CNC2. The topological polar surface area (TPSA) is 50.4 Å². The number of halogens is 1. The lowest BCUT2D eigenvalue weighted by Crippen LogP contribution is -2.49. The first-order chi connectivity index (χ1) is 12.3. The molecule has 2 heterocycles. The van der Waals surface area contributed by atoms with Crippen molar-refractivity contribution in [1.82, 2.24) is 10.6 Å². The highest BCUT2D eigenvalue weighted by Crippen LogP contribution is 2.44. The molecule has 4 nitrogen and oxygen atoms in total. The first kappa shape index (κ1) is 19.7. The average Bonchev–Trinajstić information content (AvgIpc) is 3.12. The molecule has 2 aliphatic heterocycles. The summed E-state index contributed by atoms with van der Waals surface area (Å²) in [5.41, 5.74) is 1.08. The van der Waals surface area contributed by atoms with Crippen LogP contribution in [-0.2, 0) is 9.53 Å². The Morgan fingerprint density at radius 3 is 2.88 bits per heavy atom. The van der Waals surface area contributed by atoms with Crippen LogP contribution >= 0.6 is 12.4 Å². The van der Waals surface area contributed by atoms with E-state index in [2.05, 4.69) is 34.9 Å². The molecular formula is C21H31ClN2O2. The van der Waals surface area contributed by atoms with Crippen molar-refractivity contribution in [1.29, 1.82) is 0 Å². The molecule has 0 radical (unpaired) electrons.